The zero-order chi connectivity index (χ0) is 56.0. The van der Waals surface area contributed by atoms with Crippen molar-refractivity contribution in [1.82, 2.24) is 19.9 Å². The molecule has 7 heteroatoms. The average molecular weight is 1440 g/mol. The van der Waals surface area contributed by atoms with E-state index in [1.54, 1.807) is 12.4 Å². The molecule has 84 heavy (non-hydrogen) atoms. The van der Waals surface area contributed by atoms with Crippen molar-refractivity contribution in [2.45, 2.75) is 26.8 Å². The molecule has 0 saturated heterocycles. The Balaban J connectivity index is 0.000000138. The summed E-state index contributed by atoms with van der Waals surface area (Å²) in [4.78, 5) is 17.4. The molecule has 0 spiro atoms. The summed E-state index contributed by atoms with van der Waals surface area (Å²) in [6.45, 7) is 5.34. The monoisotopic (exact) mass is 1440 g/mol. The zero-order valence-corrected chi connectivity index (χ0v) is 51.5. The maximum Gasteiger partial charge on any atom is 0.213 e. The molecule has 2 radical (unpaired) electrons. The molecular formula is C77H60Ir2N5-3. The van der Waals surface area contributed by atoms with Crippen LogP contribution in [-0.2, 0) is 53.2 Å². The first kappa shape index (κ1) is 60.9. The number of nitrogens with zero attached hydrogens (tertiary/aromatic N) is 5. The second kappa shape index (κ2) is 31.9. The summed E-state index contributed by atoms with van der Waals surface area (Å²) < 4.78 is 2.38. The standard InChI is InChI=1S/C20H18N.C18H14N.C17H12N.2C11H8N.2Ir/c1-2-15-12-20-18-11-7-6-10-17(18)13-21(20)14-19(15)16-8-4-3-5-9-16;1-14-12-18(16-10-6-3-7-11-16)19-13-17(14)15-8-4-2-5-9-15;1-3-7-14(8-4-1)16-11-12-18-17(13-16)15-9-5-2-6-10-15;2*1-2-6-10(7-3-1)11-8-4-5-9-12-11;;/h3-12,14H,2,13H2,1H3;2-10,12-13H,1H3;1-9,11-13H;2*1-6,8-9H;;/q+1;4*-1;;. The second-order valence-corrected chi connectivity index (χ2v) is 19.2. The quantitative estimate of drug-likeness (QED) is 0.112. The third kappa shape index (κ3) is 16.5. The van der Waals surface area contributed by atoms with Gasteiger partial charge in [0.05, 0.1) is 5.56 Å². The Morgan fingerprint density at radius 1 is 0.369 bits per heavy atom. The van der Waals surface area contributed by atoms with Crippen molar-refractivity contribution in [1.29, 1.82) is 0 Å². The van der Waals surface area contributed by atoms with Gasteiger partial charge in [0.15, 0.2) is 12.7 Å². The summed E-state index contributed by atoms with van der Waals surface area (Å²) in [5.41, 5.74) is 22.2. The number of pyridine rings is 5. The summed E-state index contributed by atoms with van der Waals surface area (Å²) in [5, 5.41) is 0. The fourth-order valence-electron chi connectivity index (χ4n) is 9.53. The van der Waals surface area contributed by atoms with Crippen LogP contribution < -0.4 is 4.57 Å². The van der Waals surface area contributed by atoms with Gasteiger partial charge in [0, 0.05) is 87.8 Å². The molecule has 0 N–H and O–H groups in total. The molecule has 0 atom stereocenters. The Morgan fingerprint density at radius 2 is 0.810 bits per heavy atom. The van der Waals surface area contributed by atoms with Crippen molar-refractivity contribution >= 4 is 0 Å². The third-order valence-corrected chi connectivity index (χ3v) is 13.7. The Hall–Kier alpha value is -9.19. The minimum atomic E-state index is 0. The van der Waals surface area contributed by atoms with E-state index in [1.807, 2.05) is 188 Å². The molecule has 6 heterocycles. The molecule has 0 unspecified atom stereocenters. The van der Waals surface area contributed by atoms with E-state index >= 15 is 0 Å². The fraction of sp³-hybridized carbons (Fsp3) is 0.0519. The Labute approximate surface area is 522 Å². The van der Waals surface area contributed by atoms with Crippen LogP contribution in [0.1, 0.15) is 23.6 Å². The van der Waals surface area contributed by atoms with Gasteiger partial charge in [-0.3, -0.25) is 0 Å². The van der Waals surface area contributed by atoms with Crippen molar-refractivity contribution in [3.8, 4) is 89.7 Å². The number of rotatable bonds is 8. The van der Waals surface area contributed by atoms with E-state index in [9.17, 15) is 0 Å². The molecule has 0 bridgehead atoms. The van der Waals surface area contributed by atoms with Crippen LogP contribution in [0.4, 0.5) is 0 Å². The van der Waals surface area contributed by atoms with Crippen LogP contribution >= 0.6 is 0 Å². The average Bonchev–Trinajstić information content (AvgIpc) is 4.17. The maximum atomic E-state index is 4.55. The minimum Gasteiger partial charge on any atom is -0.305 e. The predicted molar refractivity (Wildman–Crippen MR) is 336 cm³/mol. The summed E-state index contributed by atoms with van der Waals surface area (Å²) in [6, 6.07) is 105. The first-order chi connectivity index (χ1) is 40.6. The second-order valence-electron chi connectivity index (χ2n) is 19.2. The molecule has 0 amide bonds. The van der Waals surface area contributed by atoms with Gasteiger partial charge in [0.1, 0.15) is 0 Å². The van der Waals surface area contributed by atoms with E-state index in [-0.39, 0.29) is 40.2 Å². The largest absolute Gasteiger partial charge is 0.305 e. The van der Waals surface area contributed by atoms with Gasteiger partial charge in [-0.05, 0) is 93.8 Å². The van der Waals surface area contributed by atoms with E-state index in [0.717, 1.165) is 58.0 Å². The van der Waals surface area contributed by atoms with E-state index in [2.05, 4.69) is 166 Å². The van der Waals surface area contributed by atoms with Crippen LogP contribution in [0, 0.1) is 31.2 Å². The SMILES string of the molecule is CCc1cc2[n+](cc1-c1ccccc1)Cc1ccccc1-2.Cc1cc(-c2[c-]cccc2)ncc1-c1ccccc1.[Ir].[Ir].[c-]1ccccc1-c1cc(-c2ccccc2)ccn1.[c-]1ccccc1-c1ccccn1.[c-]1ccccc1-c1ccccn1. The fourth-order valence-corrected chi connectivity index (χ4v) is 9.53. The summed E-state index contributed by atoms with van der Waals surface area (Å²) in [6.07, 6.45) is 10.7. The Kier molecular flexibility index (Phi) is 23.1. The third-order valence-electron chi connectivity index (χ3n) is 13.7. The summed E-state index contributed by atoms with van der Waals surface area (Å²) in [5.74, 6) is 0. The first-order valence-corrected chi connectivity index (χ1v) is 27.5. The molecular weight excluding hydrogens is 1380 g/mol. The molecule has 14 rings (SSSR count). The van der Waals surface area contributed by atoms with Crippen molar-refractivity contribution in [2.24, 2.45) is 0 Å². The van der Waals surface area contributed by atoms with E-state index < -0.39 is 0 Å². The normalized spacial score (nSPS) is 10.3. The number of aromatic nitrogens is 5. The Bertz CT molecular complexity index is 3810. The molecule has 5 nitrogen and oxygen atoms in total. The van der Waals surface area contributed by atoms with Crippen LogP contribution in [0.5, 0.6) is 0 Å². The van der Waals surface area contributed by atoms with Gasteiger partial charge in [0.25, 0.3) is 0 Å². The van der Waals surface area contributed by atoms with Crippen LogP contribution in [0.25, 0.3) is 89.7 Å². The summed E-state index contributed by atoms with van der Waals surface area (Å²) in [7, 11) is 0. The molecule has 0 saturated carbocycles. The van der Waals surface area contributed by atoms with Gasteiger partial charge >= 0.3 is 0 Å². The zero-order valence-electron chi connectivity index (χ0n) is 46.7. The van der Waals surface area contributed by atoms with Crippen LogP contribution in [0.3, 0.4) is 0 Å². The molecule has 0 fully saturated rings. The van der Waals surface area contributed by atoms with Crippen molar-refractivity contribution in [3.63, 3.8) is 0 Å². The molecule has 5 aromatic heterocycles. The van der Waals surface area contributed by atoms with Gasteiger partial charge in [-0.1, -0.05) is 153 Å². The van der Waals surface area contributed by atoms with Crippen LogP contribution in [0.2, 0.25) is 0 Å². The maximum absolute atomic E-state index is 4.55. The number of fused-ring (bicyclic) bond motifs is 3. The molecule has 1 aliphatic rings. The molecule has 0 aliphatic carbocycles. The van der Waals surface area contributed by atoms with Crippen molar-refractivity contribution < 1.29 is 44.8 Å². The van der Waals surface area contributed by atoms with Gasteiger partial charge in [-0.15, -0.1) is 144 Å². The van der Waals surface area contributed by atoms with Crippen LogP contribution in [0.15, 0.2) is 304 Å². The van der Waals surface area contributed by atoms with Crippen molar-refractivity contribution in [2.75, 3.05) is 0 Å². The molecule has 414 valence electrons. The number of hydrogen-bond acceptors (Lipinski definition) is 4. The summed E-state index contributed by atoms with van der Waals surface area (Å²) >= 11 is 0. The van der Waals surface area contributed by atoms with Gasteiger partial charge < -0.3 is 19.9 Å². The molecule has 8 aromatic carbocycles. The van der Waals surface area contributed by atoms with E-state index in [0.29, 0.717) is 0 Å². The van der Waals surface area contributed by atoms with E-state index in [1.165, 1.54) is 61.3 Å². The first-order valence-electron chi connectivity index (χ1n) is 27.5. The number of aryl methyl sites for hydroxylation is 2. The van der Waals surface area contributed by atoms with Gasteiger partial charge in [-0.25, -0.2) is 0 Å². The van der Waals surface area contributed by atoms with E-state index in [4.69, 9.17) is 0 Å². The smallest absolute Gasteiger partial charge is 0.213 e. The van der Waals surface area contributed by atoms with Gasteiger partial charge in [-0.2, -0.15) is 4.57 Å². The minimum absolute atomic E-state index is 0. The Morgan fingerprint density at radius 3 is 1.29 bits per heavy atom. The van der Waals surface area contributed by atoms with Crippen molar-refractivity contribution in [3.05, 3.63) is 345 Å². The number of benzene rings is 8. The predicted octanol–water partition coefficient (Wildman–Crippen LogP) is 18.1. The number of hydrogen-bond donors (Lipinski definition) is 0. The van der Waals surface area contributed by atoms with Gasteiger partial charge in [0.2, 0.25) is 5.69 Å². The molecule has 13 aromatic rings. The molecule has 1 aliphatic heterocycles. The topological polar surface area (TPSA) is 55.4 Å². The van der Waals surface area contributed by atoms with Crippen LogP contribution in [-0.4, -0.2) is 19.9 Å².